The molecule has 0 saturated carbocycles. The Morgan fingerprint density at radius 2 is 0.614 bits per heavy atom. The molecule has 10 aromatic carbocycles. The van der Waals surface area contributed by atoms with Gasteiger partial charge in [-0.05, 0) is 64.2 Å². The molecule has 12 rings (SSSR count). The molecule has 2 aliphatic rings. The highest BCUT2D eigenvalue weighted by atomic mass is 28.4. The predicted octanol–water partition coefficient (Wildman–Crippen LogP) is 15.1. The summed E-state index contributed by atoms with van der Waals surface area (Å²) >= 11 is 0. The Bertz CT molecular complexity index is 3920. The van der Waals surface area contributed by atoms with E-state index in [9.17, 15) is 0 Å². The number of hydrogen-bond acceptors (Lipinski definition) is 12. The molecular weight excluding hydrogens is 1290 g/mol. The van der Waals surface area contributed by atoms with Crippen LogP contribution >= 0.6 is 0 Å². The van der Waals surface area contributed by atoms with E-state index in [0.717, 1.165) is 54.1 Å². The van der Waals surface area contributed by atoms with Gasteiger partial charge in [-0.3, -0.25) is 0 Å². The first kappa shape index (κ1) is 72.9. The van der Waals surface area contributed by atoms with Gasteiger partial charge in [0.05, 0.1) is 52.9 Å². The molecule has 0 radical (unpaired) electrons. The zero-order valence-corrected chi connectivity index (χ0v) is 61.0. The molecule has 2 aliphatic heterocycles. The number of hydrogen-bond donors (Lipinski definition) is 0. The molecule has 2 fully saturated rings. The molecule has 2 heterocycles. The van der Waals surface area contributed by atoms with Gasteiger partial charge >= 0.3 is 0 Å². The quantitative estimate of drug-likeness (QED) is 0.0222. The van der Waals surface area contributed by atoms with Crippen molar-refractivity contribution < 1.29 is 56.2 Å². The summed E-state index contributed by atoms with van der Waals surface area (Å²) in [5.74, 6) is -1.89. The summed E-state index contributed by atoms with van der Waals surface area (Å²) < 4.78 is 90.4. The van der Waals surface area contributed by atoms with E-state index in [4.69, 9.17) is 56.2 Å². The van der Waals surface area contributed by atoms with Crippen molar-refractivity contribution in [1.29, 1.82) is 0 Å². The summed E-state index contributed by atoms with van der Waals surface area (Å²) in [5.41, 5.74) is 5.72. The minimum Gasteiger partial charge on any atom is -0.405 e. The Balaban J connectivity index is 1.04. The second-order valence-corrected chi connectivity index (χ2v) is 36.8. The minimum absolute atomic E-state index is 0.0482. The summed E-state index contributed by atoms with van der Waals surface area (Å²) in [6.07, 6.45) is -7.79. The van der Waals surface area contributed by atoms with Crippen LogP contribution in [-0.2, 0) is 95.9 Å². The summed E-state index contributed by atoms with van der Waals surface area (Å²) in [4.78, 5) is 0. The lowest BCUT2D eigenvalue weighted by atomic mass is 9.97. The van der Waals surface area contributed by atoms with Gasteiger partial charge < -0.3 is 56.2 Å². The van der Waals surface area contributed by atoms with Crippen molar-refractivity contribution in [3.05, 3.63) is 337 Å². The van der Waals surface area contributed by atoms with Gasteiger partial charge in [-0.2, -0.15) is 0 Å². The Labute approximate surface area is 599 Å². The van der Waals surface area contributed by atoms with Crippen molar-refractivity contribution in [3.8, 4) is 0 Å². The maximum Gasteiger partial charge on any atom is 0.261 e. The van der Waals surface area contributed by atoms with Gasteiger partial charge in [0.15, 0.2) is 6.29 Å². The van der Waals surface area contributed by atoms with E-state index in [2.05, 4.69) is 199 Å². The molecule has 0 bridgehead atoms. The summed E-state index contributed by atoms with van der Waals surface area (Å²) in [7, 11) is -6.57. The van der Waals surface area contributed by atoms with Crippen molar-refractivity contribution in [3.63, 3.8) is 0 Å². The standard InChI is InChI=1S/C87H96O12Si2/c1-85(2,3)100(73-49-29-13-30-50-73,74-51-31-14-32-52-74)95-63-77-79(90-58-68-39-19-8-20-40-68)81(92-60-70-43-23-10-24-44-70)82(93-61-71-45-25-11-26-46-71)84(97-77)99-87(65-89-66-88-57-67-37-17-7-18-38-67)83(94-62-72-47-27-12-28-48-72)80(91-59-69-41-21-9-22-42-69)78(98-87)64-96-101(86(4,5)6,75-53-33-15-34-54-75)76-55-35-16-36-56-76/h7-56,77-84H,57-66H2,1-6H3/t77-,78-,79-,80-,81+,82-,83+,84-,87+/m1/s1. The van der Waals surface area contributed by atoms with Crippen molar-refractivity contribution >= 4 is 37.4 Å². The Kier molecular flexibility index (Phi) is 25.2. The average Bonchev–Trinajstić information content (AvgIpc) is 1.72. The second-order valence-electron chi connectivity index (χ2n) is 28.1. The predicted molar refractivity (Wildman–Crippen MR) is 402 cm³/mol. The number of rotatable bonds is 33. The zero-order chi connectivity index (χ0) is 69.8. The third-order valence-electron chi connectivity index (χ3n) is 19.1. The number of benzene rings is 10. The van der Waals surface area contributed by atoms with Gasteiger partial charge in [0.2, 0.25) is 5.79 Å². The molecular formula is C87H96O12Si2. The molecule has 101 heavy (non-hydrogen) atoms. The second kappa shape index (κ2) is 34.9. The van der Waals surface area contributed by atoms with Crippen LogP contribution in [0.15, 0.2) is 303 Å². The van der Waals surface area contributed by atoms with Crippen LogP contribution in [0.1, 0.15) is 74.9 Å². The van der Waals surface area contributed by atoms with E-state index in [1.807, 2.05) is 146 Å². The van der Waals surface area contributed by atoms with Gasteiger partial charge in [0.1, 0.15) is 56.1 Å². The lowest BCUT2D eigenvalue weighted by molar-refractivity contribution is -0.399. The Hall–Kier alpha value is -7.85. The highest BCUT2D eigenvalue weighted by molar-refractivity contribution is 7.00. The van der Waals surface area contributed by atoms with Crippen LogP contribution < -0.4 is 20.7 Å². The fourth-order valence-corrected chi connectivity index (χ4v) is 23.4. The molecule has 0 aromatic heterocycles. The highest BCUT2D eigenvalue weighted by Crippen LogP contribution is 2.45. The molecule has 12 nitrogen and oxygen atoms in total. The molecule has 2 saturated heterocycles. The molecule has 0 amide bonds. The first-order valence-corrected chi connectivity index (χ1v) is 39.1. The first-order valence-electron chi connectivity index (χ1n) is 35.3. The van der Waals surface area contributed by atoms with E-state index < -0.39 is 81.5 Å². The fourth-order valence-electron chi connectivity index (χ4n) is 14.2. The van der Waals surface area contributed by atoms with Gasteiger partial charge in [-0.15, -0.1) is 0 Å². The molecule has 0 aliphatic carbocycles. The zero-order valence-electron chi connectivity index (χ0n) is 59.0. The third kappa shape index (κ3) is 18.0. The van der Waals surface area contributed by atoms with E-state index in [-0.39, 0.29) is 59.6 Å². The highest BCUT2D eigenvalue weighted by Gasteiger charge is 2.63. The summed E-state index contributed by atoms with van der Waals surface area (Å²) in [6.45, 7) is 14.6. The van der Waals surface area contributed by atoms with Crippen molar-refractivity contribution in [2.75, 3.05) is 26.6 Å². The minimum atomic E-state index is -3.29. The maximum absolute atomic E-state index is 8.10. The van der Waals surface area contributed by atoms with Gasteiger partial charge in [0.25, 0.3) is 16.6 Å². The summed E-state index contributed by atoms with van der Waals surface area (Å²) in [6, 6.07) is 103. The van der Waals surface area contributed by atoms with Gasteiger partial charge in [0, 0.05) is 0 Å². The van der Waals surface area contributed by atoms with Gasteiger partial charge in [-0.25, -0.2) is 0 Å². The van der Waals surface area contributed by atoms with Crippen molar-refractivity contribution in [2.45, 2.75) is 146 Å². The fraction of sp³-hybridized carbons (Fsp3) is 0.310. The van der Waals surface area contributed by atoms with Crippen molar-refractivity contribution in [2.24, 2.45) is 0 Å². The van der Waals surface area contributed by atoms with Crippen LogP contribution in [0.2, 0.25) is 10.1 Å². The monoisotopic (exact) mass is 1390 g/mol. The van der Waals surface area contributed by atoms with E-state index in [1.165, 1.54) is 0 Å². The normalized spacial score (nSPS) is 21.1. The Morgan fingerprint density at radius 3 is 0.970 bits per heavy atom. The summed E-state index contributed by atoms with van der Waals surface area (Å²) in [5, 5.41) is 3.65. The number of ether oxygens (including phenoxy) is 10. The van der Waals surface area contributed by atoms with Crippen LogP contribution in [-0.4, -0.2) is 98.1 Å². The van der Waals surface area contributed by atoms with E-state index >= 15 is 0 Å². The molecule has 0 N–H and O–H groups in total. The average molecular weight is 1390 g/mol. The van der Waals surface area contributed by atoms with E-state index in [1.54, 1.807) is 0 Å². The maximum atomic E-state index is 8.10. The first-order chi connectivity index (χ1) is 49.3. The van der Waals surface area contributed by atoms with Crippen LogP contribution in [0.4, 0.5) is 0 Å². The van der Waals surface area contributed by atoms with Gasteiger partial charge in [-0.1, -0.05) is 345 Å². The molecule has 14 heteroatoms. The smallest absolute Gasteiger partial charge is 0.261 e. The molecule has 0 unspecified atom stereocenters. The molecule has 524 valence electrons. The molecule has 0 spiro atoms. The lowest BCUT2D eigenvalue weighted by Gasteiger charge is -2.50. The van der Waals surface area contributed by atoms with Crippen molar-refractivity contribution in [1.82, 2.24) is 0 Å². The van der Waals surface area contributed by atoms with E-state index in [0.29, 0.717) is 6.61 Å². The van der Waals surface area contributed by atoms with Crippen LogP contribution in [0, 0.1) is 0 Å². The SMILES string of the molecule is CC(C)(C)[Si](OC[C@H]1O[C@@](COCOCc2ccccc2)(O[C@H]2O[C@H](CO[Si](c3ccccc3)(c3ccccc3)C(C)(C)C)[C@@H](OCc3ccccc3)[C@H](OCc3ccccc3)[C@H]2OCc2ccccc2)[C@@H](OCc2ccccc2)[C@@H]1OCc1ccccc1)(c1ccccc1)c1ccccc1. The Morgan fingerprint density at radius 1 is 0.317 bits per heavy atom. The van der Waals surface area contributed by atoms with Crippen LogP contribution in [0.25, 0.3) is 0 Å². The largest absolute Gasteiger partial charge is 0.405 e. The van der Waals surface area contributed by atoms with Crippen LogP contribution in [0.3, 0.4) is 0 Å². The molecule has 10 aromatic rings. The topological polar surface area (TPSA) is 111 Å². The van der Waals surface area contributed by atoms with Crippen LogP contribution in [0.5, 0.6) is 0 Å². The lowest BCUT2D eigenvalue weighted by Crippen LogP contribution is -2.69. The molecule has 9 atom stereocenters. The third-order valence-corrected chi connectivity index (χ3v) is 29.1.